The van der Waals surface area contributed by atoms with Gasteiger partial charge in [0.05, 0.1) is 4.83 Å². The Morgan fingerprint density at radius 1 is 1.36 bits per heavy atom. The Morgan fingerprint density at radius 2 is 2.09 bits per heavy atom. The lowest BCUT2D eigenvalue weighted by atomic mass is 10.0. The van der Waals surface area contributed by atoms with Gasteiger partial charge in [-0.2, -0.15) is 0 Å². The molecule has 2 atom stereocenters. The summed E-state index contributed by atoms with van der Waals surface area (Å²) in [5.74, 6) is 0.313. The second kappa shape index (κ2) is 7.40. The predicted molar refractivity (Wildman–Crippen MR) is 94.0 cm³/mol. The lowest BCUT2D eigenvalue weighted by molar-refractivity contribution is -0.119. The van der Waals surface area contributed by atoms with Crippen molar-refractivity contribution >= 4 is 33.3 Å². The van der Waals surface area contributed by atoms with E-state index in [1.54, 1.807) is 0 Å². The topological polar surface area (TPSA) is 37.4 Å². The van der Waals surface area contributed by atoms with Crippen LogP contribution in [0.15, 0.2) is 18.2 Å². The molecule has 120 valence electrons. The largest absolute Gasteiger partial charge is 0.309 e. The molecule has 0 fully saturated rings. The number of amides is 1. The number of halogens is 1. The fourth-order valence-corrected chi connectivity index (χ4v) is 3.24. The van der Waals surface area contributed by atoms with E-state index >= 15 is 0 Å². The minimum absolute atomic E-state index is 0.119. The van der Waals surface area contributed by atoms with Gasteiger partial charge in [-0.05, 0) is 49.9 Å². The maximum atomic E-state index is 12.4. The molecule has 1 heterocycles. The van der Waals surface area contributed by atoms with Gasteiger partial charge in [-0.1, -0.05) is 36.2 Å². The second-order valence-electron chi connectivity index (χ2n) is 6.00. The van der Waals surface area contributed by atoms with E-state index < -0.39 is 0 Å². The van der Waals surface area contributed by atoms with E-state index in [1.165, 1.54) is 0 Å². The number of hydrogen-bond donors (Lipinski definition) is 0. The molecule has 22 heavy (non-hydrogen) atoms. The number of anilines is 1. The van der Waals surface area contributed by atoms with Crippen LogP contribution in [0.2, 0.25) is 0 Å². The summed E-state index contributed by atoms with van der Waals surface area (Å²) in [5, 5.41) is 0. The molecule has 0 saturated carbocycles. The van der Waals surface area contributed by atoms with Crippen LogP contribution in [0.1, 0.15) is 62.4 Å². The number of unbranched alkanes of at least 4 members (excludes halogenated alkanes) is 1. The molecular weight excluding hydrogens is 342 g/mol. The monoisotopic (exact) mass is 365 g/mol. The zero-order valence-corrected chi connectivity index (χ0v) is 15.1. The van der Waals surface area contributed by atoms with Gasteiger partial charge in [0, 0.05) is 23.7 Å². The molecule has 2 unspecified atom stereocenters. The summed E-state index contributed by atoms with van der Waals surface area (Å²) in [5.41, 5.74) is 2.82. The van der Waals surface area contributed by atoms with Crippen molar-refractivity contribution in [3.8, 4) is 0 Å². The number of Topliss-reactive ketones (excluding diaryl/α,β-unsaturated/α-hetero) is 1. The highest BCUT2D eigenvalue weighted by atomic mass is 79.9. The SMILES string of the molecule is CCCCC(=O)N1c2ccc(C(=O)C(Br)CC)cc2CC1C. The lowest BCUT2D eigenvalue weighted by Gasteiger charge is -2.22. The number of ketones is 1. The second-order valence-corrected chi connectivity index (χ2v) is 7.11. The van der Waals surface area contributed by atoms with E-state index in [2.05, 4.69) is 29.8 Å². The van der Waals surface area contributed by atoms with Gasteiger partial charge in [0.2, 0.25) is 5.91 Å². The van der Waals surface area contributed by atoms with Crippen molar-refractivity contribution in [3.63, 3.8) is 0 Å². The molecule has 1 aromatic rings. The van der Waals surface area contributed by atoms with Crippen LogP contribution >= 0.6 is 15.9 Å². The number of carbonyl (C=O) groups excluding carboxylic acids is 2. The third kappa shape index (κ3) is 3.43. The molecule has 0 saturated heterocycles. The van der Waals surface area contributed by atoms with Crippen molar-refractivity contribution in [2.24, 2.45) is 0 Å². The molecule has 0 N–H and O–H groups in total. The van der Waals surface area contributed by atoms with E-state index in [0.717, 1.165) is 42.5 Å². The number of nitrogens with zero attached hydrogens (tertiary/aromatic N) is 1. The number of fused-ring (bicyclic) bond motifs is 1. The van der Waals surface area contributed by atoms with Crippen LogP contribution in [0.25, 0.3) is 0 Å². The van der Waals surface area contributed by atoms with Crippen LogP contribution in [0.3, 0.4) is 0 Å². The van der Waals surface area contributed by atoms with Gasteiger partial charge >= 0.3 is 0 Å². The molecule has 4 heteroatoms. The average Bonchev–Trinajstić information content (AvgIpc) is 2.85. The lowest BCUT2D eigenvalue weighted by Crippen LogP contribution is -2.35. The van der Waals surface area contributed by atoms with Crippen molar-refractivity contribution < 1.29 is 9.59 Å². The fourth-order valence-electron chi connectivity index (χ4n) is 2.98. The number of hydrogen-bond acceptors (Lipinski definition) is 2. The van der Waals surface area contributed by atoms with Gasteiger partial charge in [0.1, 0.15) is 0 Å². The van der Waals surface area contributed by atoms with Crippen molar-refractivity contribution in [2.45, 2.75) is 63.7 Å². The number of alkyl halides is 1. The normalized spacial score (nSPS) is 18.2. The number of rotatable bonds is 6. The Bertz CT molecular complexity index is 570. The molecule has 2 rings (SSSR count). The molecule has 0 bridgehead atoms. The first-order valence-electron chi connectivity index (χ1n) is 8.12. The van der Waals surface area contributed by atoms with Crippen molar-refractivity contribution in [1.29, 1.82) is 0 Å². The number of carbonyl (C=O) groups is 2. The van der Waals surface area contributed by atoms with E-state index in [-0.39, 0.29) is 22.6 Å². The molecule has 1 aliphatic heterocycles. The van der Waals surface area contributed by atoms with E-state index in [4.69, 9.17) is 0 Å². The molecule has 0 radical (unpaired) electrons. The summed E-state index contributed by atoms with van der Waals surface area (Å²) in [6, 6.07) is 5.93. The summed E-state index contributed by atoms with van der Waals surface area (Å²) in [7, 11) is 0. The Hall–Kier alpha value is -1.16. The summed E-state index contributed by atoms with van der Waals surface area (Å²) in [6.45, 7) is 6.16. The Kier molecular flexibility index (Phi) is 5.79. The highest BCUT2D eigenvalue weighted by Gasteiger charge is 2.31. The summed E-state index contributed by atoms with van der Waals surface area (Å²) >= 11 is 3.42. The van der Waals surface area contributed by atoms with Gasteiger partial charge in [0.25, 0.3) is 0 Å². The van der Waals surface area contributed by atoms with Gasteiger partial charge in [-0.15, -0.1) is 0 Å². The summed E-state index contributed by atoms with van der Waals surface area (Å²) < 4.78 is 0. The minimum Gasteiger partial charge on any atom is -0.309 e. The standard InChI is InChI=1S/C18H24BrNO2/c1-4-6-7-17(21)20-12(3)10-14-11-13(8-9-16(14)20)18(22)15(19)5-2/h8-9,11-12,15H,4-7,10H2,1-3H3. The van der Waals surface area contributed by atoms with Crippen LogP contribution in [0.5, 0.6) is 0 Å². The van der Waals surface area contributed by atoms with Gasteiger partial charge in [-0.25, -0.2) is 0 Å². The minimum atomic E-state index is -0.133. The van der Waals surface area contributed by atoms with Crippen LogP contribution in [0, 0.1) is 0 Å². The average molecular weight is 366 g/mol. The zero-order chi connectivity index (χ0) is 16.3. The smallest absolute Gasteiger partial charge is 0.227 e. The molecule has 3 nitrogen and oxygen atoms in total. The number of benzene rings is 1. The van der Waals surface area contributed by atoms with E-state index in [9.17, 15) is 9.59 Å². The Balaban J connectivity index is 2.24. The van der Waals surface area contributed by atoms with Crippen molar-refractivity contribution in [1.82, 2.24) is 0 Å². The van der Waals surface area contributed by atoms with E-state index in [1.807, 2.05) is 30.0 Å². The summed E-state index contributed by atoms with van der Waals surface area (Å²) in [4.78, 5) is 26.5. The van der Waals surface area contributed by atoms with Gasteiger partial charge in [-0.3, -0.25) is 9.59 Å². The quantitative estimate of drug-likeness (QED) is 0.549. The third-order valence-electron chi connectivity index (χ3n) is 4.24. The fraction of sp³-hybridized carbons (Fsp3) is 0.556. The van der Waals surface area contributed by atoms with Gasteiger partial charge < -0.3 is 4.90 Å². The maximum Gasteiger partial charge on any atom is 0.227 e. The highest BCUT2D eigenvalue weighted by Crippen LogP contribution is 2.34. The predicted octanol–water partition coefficient (Wildman–Crippen LogP) is 4.51. The molecule has 1 aliphatic rings. The first kappa shape index (κ1) is 17.2. The molecule has 0 aromatic heterocycles. The van der Waals surface area contributed by atoms with Crippen LogP contribution in [-0.4, -0.2) is 22.6 Å². The third-order valence-corrected chi connectivity index (χ3v) is 5.30. The highest BCUT2D eigenvalue weighted by molar-refractivity contribution is 9.10. The molecule has 0 spiro atoms. The van der Waals surface area contributed by atoms with Crippen LogP contribution in [0.4, 0.5) is 5.69 Å². The Morgan fingerprint density at radius 3 is 2.73 bits per heavy atom. The van der Waals surface area contributed by atoms with Gasteiger partial charge in [0.15, 0.2) is 5.78 Å². The van der Waals surface area contributed by atoms with Crippen LogP contribution in [-0.2, 0) is 11.2 Å². The molecule has 1 aromatic carbocycles. The molecular formula is C18H24BrNO2. The van der Waals surface area contributed by atoms with Crippen molar-refractivity contribution in [2.75, 3.05) is 4.90 Å². The molecule has 0 aliphatic carbocycles. The van der Waals surface area contributed by atoms with E-state index in [0.29, 0.717) is 6.42 Å². The van der Waals surface area contributed by atoms with Crippen LogP contribution < -0.4 is 4.90 Å². The summed E-state index contributed by atoms with van der Waals surface area (Å²) in [6.07, 6.45) is 4.15. The van der Waals surface area contributed by atoms with Crippen molar-refractivity contribution in [3.05, 3.63) is 29.3 Å². The maximum absolute atomic E-state index is 12.4. The first-order chi connectivity index (χ1) is 10.5. The molecule has 1 amide bonds. The first-order valence-corrected chi connectivity index (χ1v) is 9.04. The zero-order valence-electron chi connectivity index (χ0n) is 13.6. The Labute approximate surface area is 141 Å².